The van der Waals surface area contributed by atoms with Crippen molar-refractivity contribution < 1.29 is 28.9 Å². The van der Waals surface area contributed by atoms with E-state index in [1.165, 1.54) is 7.11 Å². The summed E-state index contributed by atoms with van der Waals surface area (Å²) in [5.41, 5.74) is 1.34. The zero-order valence-corrected chi connectivity index (χ0v) is 15.4. The van der Waals surface area contributed by atoms with E-state index in [0.717, 1.165) is 5.56 Å². The van der Waals surface area contributed by atoms with Crippen LogP contribution in [-0.4, -0.2) is 37.8 Å². The van der Waals surface area contributed by atoms with Crippen LogP contribution in [0, 0.1) is 0 Å². The maximum Gasteiger partial charge on any atom is 0.303 e. The van der Waals surface area contributed by atoms with Gasteiger partial charge in [0.15, 0.2) is 0 Å². The van der Waals surface area contributed by atoms with Crippen molar-refractivity contribution in [3.05, 3.63) is 53.6 Å². The number of ether oxygens (including phenoxy) is 3. The summed E-state index contributed by atoms with van der Waals surface area (Å²) in [4.78, 5) is 22.8. The molecule has 0 aliphatic rings. The highest BCUT2D eigenvalue weighted by Gasteiger charge is 2.13. The van der Waals surface area contributed by atoms with Gasteiger partial charge in [0.25, 0.3) is 5.91 Å². The molecular weight excluding hydrogens is 350 g/mol. The Morgan fingerprint density at radius 1 is 1.00 bits per heavy atom. The molecule has 7 nitrogen and oxygen atoms in total. The van der Waals surface area contributed by atoms with Gasteiger partial charge in [0, 0.05) is 19.0 Å². The molecule has 0 aromatic heterocycles. The van der Waals surface area contributed by atoms with Gasteiger partial charge in [-0.15, -0.1) is 0 Å². The van der Waals surface area contributed by atoms with Crippen molar-refractivity contribution in [2.45, 2.75) is 19.4 Å². The van der Waals surface area contributed by atoms with E-state index in [1.54, 1.807) is 37.4 Å². The van der Waals surface area contributed by atoms with Gasteiger partial charge in [-0.2, -0.15) is 0 Å². The molecule has 0 fully saturated rings. The average Bonchev–Trinajstić information content (AvgIpc) is 2.69. The summed E-state index contributed by atoms with van der Waals surface area (Å²) in [7, 11) is 3.05. The van der Waals surface area contributed by atoms with Crippen LogP contribution in [0.4, 0.5) is 0 Å². The van der Waals surface area contributed by atoms with Gasteiger partial charge < -0.3 is 24.6 Å². The number of aliphatic carboxylic acids is 1. The fourth-order valence-corrected chi connectivity index (χ4v) is 2.38. The standard InChI is InChI=1S/C20H23NO6/c1-25-16-9-10-17(18(12-16)26-2)20(24)21-13-14-5-7-15(8-6-14)27-11-3-4-19(22)23/h5-10,12H,3-4,11,13H2,1-2H3,(H,21,24)(H,22,23). The molecular formula is C20H23NO6. The van der Waals surface area contributed by atoms with Gasteiger partial charge in [-0.05, 0) is 36.2 Å². The molecule has 1 amide bonds. The number of nitrogens with one attached hydrogen (secondary N) is 1. The topological polar surface area (TPSA) is 94.1 Å². The Morgan fingerprint density at radius 3 is 2.33 bits per heavy atom. The van der Waals surface area contributed by atoms with E-state index in [0.29, 0.717) is 42.4 Å². The lowest BCUT2D eigenvalue weighted by Gasteiger charge is -2.11. The Morgan fingerprint density at radius 2 is 1.70 bits per heavy atom. The molecule has 7 heteroatoms. The van der Waals surface area contributed by atoms with Gasteiger partial charge in [0.1, 0.15) is 17.2 Å². The number of benzene rings is 2. The molecule has 0 radical (unpaired) electrons. The largest absolute Gasteiger partial charge is 0.497 e. The Kier molecular flexibility index (Phi) is 7.49. The van der Waals surface area contributed by atoms with Crippen LogP contribution in [0.3, 0.4) is 0 Å². The molecule has 2 aromatic carbocycles. The van der Waals surface area contributed by atoms with E-state index in [4.69, 9.17) is 19.3 Å². The average molecular weight is 373 g/mol. The van der Waals surface area contributed by atoms with Crippen LogP contribution in [0.1, 0.15) is 28.8 Å². The van der Waals surface area contributed by atoms with Crippen molar-refractivity contribution in [1.82, 2.24) is 5.32 Å². The van der Waals surface area contributed by atoms with Crippen LogP contribution in [-0.2, 0) is 11.3 Å². The lowest BCUT2D eigenvalue weighted by molar-refractivity contribution is -0.137. The van der Waals surface area contributed by atoms with E-state index in [2.05, 4.69) is 5.32 Å². The van der Waals surface area contributed by atoms with E-state index in [1.807, 2.05) is 12.1 Å². The minimum atomic E-state index is -0.835. The van der Waals surface area contributed by atoms with E-state index < -0.39 is 5.97 Å². The molecule has 0 heterocycles. The van der Waals surface area contributed by atoms with Gasteiger partial charge in [0.05, 0.1) is 26.4 Å². The fourth-order valence-electron chi connectivity index (χ4n) is 2.38. The number of hydrogen-bond acceptors (Lipinski definition) is 5. The first-order valence-electron chi connectivity index (χ1n) is 8.47. The number of methoxy groups -OCH3 is 2. The number of carboxylic acids is 1. The molecule has 0 saturated carbocycles. The summed E-state index contributed by atoms with van der Waals surface area (Å²) in [6.07, 6.45) is 0.537. The molecule has 27 heavy (non-hydrogen) atoms. The first-order valence-corrected chi connectivity index (χ1v) is 8.47. The highest BCUT2D eigenvalue weighted by atomic mass is 16.5. The minimum absolute atomic E-state index is 0.0823. The lowest BCUT2D eigenvalue weighted by Crippen LogP contribution is -2.23. The zero-order valence-electron chi connectivity index (χ0n) is 15.4. The van der Waals surface area contributed by atoms with Crippen LogP contribution in [0.2, 0.25) is 0 Å². The van der Waals surface area contributed by atoms with Crippen molar-refractivity contribution >= 4 is 11.9 Å². The van der Waals surface area contributed by atoms with Gasteiger partial charge in [-0.25, -0.2) is 0 Å². The third kappa shape index (κ3) is 6.22. The summed E-state index contributed by atoms with van der Waals surface area (Å²) in [6.45, 7) is 0.701. The number of amides is 1. The quantitative estimate of drug-likeness (QED) is 0.622. The molecule has 0 bridgehead atoms. The zero-order chi connectivity index (χ0) is 19.6. The summed E-state index contributed by atoms with van der Waals surface area (Å²) >= 11 is 0. The Balaban J connectivity index is 1.87. The number of carboxylic acid groups (broad SMARTS) is 1. The van der Waals surface area contributed by atoms with E-state index in [9.17, 15) is 9.59 Å². The summed E-state index contributed by atoms with van der Waals surface area (Å²) in [5, 5.41) is 11.4. The number of carbonyl (C=O) groups is 2. The maximum absolute atomic E-state index is 12.4. The van der Waals surface area contributed by atoms with Crippen molar-refractivity contribution in [2.75, 3.05) is 20.8 Å². The highest BCUT2D eigenvalue weighted by Crippen LogP contribution is 2.24. The number of rotatable bonds is 10. The fraction of sp³-hybridized carbons (Fsp3) is 0.300. The maximum atomic E-state index is 12.4. The predicted molar refractivity (Wildman–Crippen MR) is 99.5 cm³/mol. The van der Waals surface area contributed by atoms with Crippen LogP contribution >= 0.6 is 0 Å². The third-order valence-electron chi connectivity index (χ3n) is 3.83. The first kappa shape index (κ1) is 20.1. The predicted octanol–water partition coefficient (Wildman–Crippen LogP) is 2.88. The smallest absolute Gasteiger partial charge is 0.303 e. The third-order valence-corrected chi connectivity index (χ3v) is 3.83. The first-order chi connectivity index (χ1) is 13.0. The van der Waals surface area contributed by atoms with Crippen molar-refractivity contribution in [3.8, 4) is 17.2 Å². The van der Waals surface area contributed by atoms with Gasteiger partial charge in [-0.1, -0.05) is 12.1 Å². The van der Waals surface area contributed by atoms with Gasteiger partial charge in [0.2, 0.25) is 0 Å². The number of hydrogen-bond donors (Lipinski definition) is 2. The summed E-state index contributed by atoms with van der Waals surface area (Å²) in [6, 6.07) is 12.3. The molecule has 144 valence electrons. The highest BCUT2D eigenvalue weighted by molar-refractivity contribution is 5.97. The molecule has 2 aromatic rings. The monoisotopic (exact) mass is 373 g/mol. The summed E-state index contributed by atoms with van der Waals surface area (Å²) in [5.74, 6) is 0.633. The normalized spacial score (nSPS) is 10.1. The van der Waals surface area contributed by atoms with Gasteiger partial charge >= 0.3 is 5.97 Å². The van der Waals surface area contributed by atoms with Crippen molar-refractivity contribution in [1.29, 1.82) is 0 Å². The van der Waals surface area contributed by atoms with Crippen molar-refractivity contribution in [3.63, 3.8) is 0 Å². The number of carbonyl (C=O) groups excluding carboxylic acids is 1. The molecule has 2 rings (SSSR count). The minimum Gasteiger partial charge on any atom is -0.497 e. The SMILES string of the molecule is COc1ccc(C(=O)NCc2ccc(OCCCC(=O)O)cc2)c(OC)c1. The molecule has 0 aliphatic heterocycles. The van der Waals surface area contributed by atoms with E-state index in [-0.39, 0.29) is 12.3 Å². The van der Waals surface area contributed by atoms with E-state index >= 15 is 0 Å². The molecule has 0 atom stereocenters. The second kappa shape index (κ2) is 10.1. The van der Waals surface area contributed by atoms with Crippen LogP contribution in [0.25, 0.3) is 0 Å². The molecule has 2 N–H and O–H groups in total. The second-order valence-electron chi connectivity index (χ2n) is 5.74. The summed E-state index contributed by atoms with van der Waals surface area (Å²) < 4.78 is 15.8. The lowest BCUT2D eigenvalue weighted by atomic mass is 10.1. The Labute approximate surface area is 157 Å². The Hall–Kier alpha value is -3.22. The van der Waals surface area contributed by atoms with Crippen LogP contribution in [0.15, 0.2) is 42.5 Å². The molecule has 0 spiro atoms. The van der Waals surface area contributed by atoms with Crippen molar-refractivity contribution in [2.24, 2.45) is 0 Å². The molecule has 0 unspecified atom stereocenters. The van der Waals surface area contributed by atoms with Crippen LogP contribution < -0.4 is 19.5 Å². The molecule has 0 aliphatic carbocycles. The molecule has 0 saturated heterocycles. The van der Waals surface area contributed by atoms with Gasteiger partial charge in [-0.3, -0.25) is 9.59 Å². The Bertz CT molecular complexity index is 773. The van der Waals surface area contributed by atoms with Crippen LogP contribution in [0.5, 0.6) is 17.2 Å². The second-order valence-corrected chi connectivity index (χ2v) is 5.74.